The molecule has 2 aliphatic carbocycles. The predicted molar refractivity (Wildman–Crippen MR) is 117 cm³/mol. The van der Waals surface area contributed by atoms with Crippen molar-refractivity contribution in [1.29, 1.82) is 0 Å². The van der Waals surface area contributed by atoms with Crippen molar-refractivity contribution in [2.75, 3.05) is 31.6 Å². The first-order valence-corrected chi connectivity index (χ1v) is 11.8. The summed E-state index contributed by atoms with van der Waals surface area (Å²) >= 11 is 0. The fourth-order valence-electron chi connectivity index (χ4n) is 5.86. The molecule has 2 saturated carbocycles. The van der Waals surface area contributed by atoms with Gasteiger partial charge in [-0.15, -0.1) is 0 Å². The van der Waals surface area contributed by atoms with Gasteiger partial charge >= 0.3 is 6.18 Å². The number of H-pyrrole nitrogens is 1. The van der Waals surface area contributed by atoms with E-state index in [1.54, 1.807) is 6.20 Å². The van der Waals surface area contributed by atoms with E-state index in [1.807, 2.05) is 18.2 Å². The number of fused-ring (bicyclic) bond motifs is 2. The normalized spacial score (nSPS) is 27.0. The number of hydrogen-bond donors (Lipinski definition) is 2. The molecule has 10 heteroatoms. The molecule has 0 bridgehead atoms. The molecule has 0 spiro atoms. The summed E-state index contributed by atoms with van der Waals surface area (Å²) in [5.74, 6) is -2.05. The SMILES string of the molecule is O=C(Nc1c[nH]c2ccc(OCCC3C[C@@H]4CN(CC(F)(F)F)C[C@@H]4C3)cc12)C1CC(F)(F)C1. The van der Waals surface area contributed by atoms with Gasteiger partial charge in [-0.2, -0.15) is 13.2 Å². The van der Waals surface area contributed by atoms with E-state index in [4.69, 9.17) is 4.74 Å². The van der Waals surface area contributed by atoms with Gasteiger partial charge in [0.2, 0.25) is 11.8 Å². The van der Waals surface area contributed by atoms with Crippen LogP contribution in [0.25, 0.3) is 10.9 Å². The van der Waals surface area contributed by atoms with Crippen LogP contribution in [0.15, 0.2) is 24.4 Å². The van der Waals surface area contributed by atoms with E-state index in [0.29, 0.717) is 48.9 Å². The Balaban J connectivity index is 1.10. The number of ether oxygens (including phenoxy) is 1. The van der Waals surface area contributed by atoms with Crippen molar-refractivity contribution in [2.24, 2.45) is 23.7 Å². The third-order valence-corrected chi connectivity index (χ3v) is 7.49. The van der Waals surface area contributed by atoms with Gasteiger partial charge < -0.3 is 15.0 Å². The zero-order valence-corrected chi connectivity index (χ0v) is 18.6. The number of rotatable bonds is 7. The Labute approximate surface area is 194 Å². The van der Waals surface area contributed by atoms with Crippen molar-refractivity contribution < 1.29 is 31.5 Å². The molecular formula is C24H28F5N3O2. The minimum atomic E-state index is -4.14. The minimum absolute atomic E-state index is 0.338. The van der Waals surface area contributed by atoms with Crippen LogP contribution >= 0.6 is 0 Å². The van der Waals surface area contributed by atoms with Gasteiger partial charge in [0.05, 0.1) is 18.8 Å². The topological polar surface area (TPSA) is 57.4 Å². The smallest absolute Gasteiger partial charge is 0.401 e. The number of alkyl halides is 5. The molecule has 2 heterocycles. The lowest BCUT2D eigenvalue weighted by Crippen LogP contribution is -2.42. The van der Waals surface area contributed by atoms with E-state index >= 15 is 0 Å². The first kappa shape index (κ1) is 23.4. The number of aromatic nitrogens is 1. The van der Waals surface area contributed by atoms with Crippen LogP contribution in [0.2, 0.25) is 0 Å². The lowest BCUT2D eigenvalue weighted by atomic mass is 9.81. The van der Waals surface area contributed by atoms with E-state index in [1.165, 1.54) is 4.90 Å². The summed E-state index contributed by atoms with van der Waals surface area (Å²) in [4.78, 5) is 16.8. The van der Waals surface area contributed by atoms with Gasteiger partial charge in [0, 0.05) is 48.9 Å². The van der Waals surface area contributed by atoms with Crippen LogP contribution in [-0.2, 0) is 4.79 Å². The lowest BCUT2D eigenvalue weighted by molar-refractivity contribution is -0.145. The van der Waals surface area contributed by atoms with Crippen LogP contribution < -0.4 is 10.1 Å². The Morgan fingerprint density at radius 3 is 2.53 bits per heavy atom. The van der Waals surface area contributed by atoms with Gasteiger partial charge in [-0.1, -0.05) is 0 Å². The number of amides is 1. The maximum atomic E-state index is 13.1. The van der Waals surface area contributed by atoms with Gasteiger partial charge in [0.15, 0.2) is 0 Å². The molecule has 34 heavy (non-hydrogen) atoms. The number of halogens is 5. The molecule has 5 nitrogen and oxygen atoms in total. The summed E-state index contributed by atoms with van der Waals surface area (Å²) in [6, 6.07) is 5.48. The zero-order valence-electron chi connectivity index (χ0n) is 18.6. The number of benzene rings is 1. The number of aromatic amines is 1. The lowest BCUT2D eigenvalue weighted by Gasteiger charge is -2.33. The van der Waals surface area contributed by atoms with E-state index in [0.717, 1.165) is 30.2 Å². The molecule has 1 aliphatic heterocycles. The largest absolute Gasteiger partial charge is 0.494 e. The molecule has 1 unspecified atom stereocenters. The van der Waals surface area contributed by atoms with E-state index in [9.17, 15) is 26.7 Å². The number of hydrogen-bond acceptors (Lipinski definition) is 3. The third kappa shape index (κ3) is 5.16. The van der Waals surface area contributed by atoms with Gasteiger partial charge in [0.1, 0.15) is 5.75 Å². The van der Waals surface area contributed by atoms with Crippen LogP contribution in [0.5, 0.6) is 5.75 Å². The van der Waals surface area contributed by atoms with E-state index in [2.05, 4.69) is 10.3 Å². The zero-order chi connectivity index (χ0) is 24.1. The molecule has 186 valence electrons. The van der Waals surface area contributed by atoms with Gasteiger partial charge in [-0.05, 0) is 55.2 Å². The molecule has 5 rings (SSSR count). The van der Waals surface area contributed by atoms with Crippen molar-refractivity contribution in [2.45, 2.75) is 44.2 Å². The predicted octanol–water partition coefficient (Wildman–Crippen LogP) is 5.44. The highest BCUT2D eigenvalue weighted by atomic mass is 19.4. The molecule has 0 radical (unpaired) electrons. The maximum Gasteiger partial charge on any atom is 0.401 e. The van der Waals surface area contributed by atoms with Crippen molar-refractivity contribution in [1.82, 2.24) is 9.88 Å². The highest BCUT2D eigenvalue weighted by Crippen LogP contribution is 2.44. The van der Waals surface area contributed by atoms with Gasteiger partial charge in [0.25, 0.3) is 0 Å². The summed E-state index contributed by atoms with van der Waals surface area (Å²) in [5, 5.41) is 3.49. The number of anilines is 1. The van der Waals surface area contributed by atoms with Crippen LogP contribution in [0, 0.1) is 23.7 Å². The van der Waals surface area contributed by atoms with Crippen LogP contribution in [-0.4, -0.2) is 54.1 Å². The Hall–Kier alpha value is -2.36. The molecule has 3 fully saturated rings. The number of nitrogens with one attached hydrogen (secondary N) is 2. The molecule has 2 N–H and O–H groups in total. The Morgan fingerprint density at radius 1 is 1.18 bits per heavy atom. The van der Waals surface area contributed by atoms with Gasteiger partial charge in [-0.25, -0.2) is 8.78 Å². The second-order valence-corrected chi connectivity index (χ2v) is 10.2. The first-order chi connectivity index (χ1) is 16.0. The highest BCUT2D eigenvalue weighted by molar-refractivity contribution is 6.03. The van der Waals surface area contributed by atoms with E-state index in [-0.39, 0.29) is 0 Å². The standard InChI is InChI=1S/C24H28F5N3O2/c25-23(26)8-17(9-23)22(33)31-21-10-30-20-2-1-18(7-19(20)21)34-4-3-14-5-15-11-32(12-16(15)6-14)13-24(27,28)29/h1-2,7,10,14-17,30H,3-6,8-9,11-13H2,(H,31,33)/t14?,15-,16+. The summed E-state index contributed by atoms with van der Waals surface area (Å²) in [6.45, 7) is 0.744. The quantitative estimate of drug-likeness (QED) is 0.514. The Morgan fingerprint density at radius 2 is 1.88 bits per heavy atom. The van der Waals surface area contributed by atoms with Crippen LogP contribution in [0.1, 0.15) is 32.1 Å². The summed E-state index contributed by atoms with van der Waals surface area (Å²) < 4.78 is 69.9. The maximum absolute atomic E-state index is 13.1. The number of likely N-dealkylation sites (tertiary alicyclic amines) is 1. The number of carbonyl (C=O) groups is 1. The third-order valence-electron chi connectivity index (χ3n) is 7.49. The number of carbonyl (C=O) groups excluding carboxylic acids is 1. The molecular weight excluding hydrogens is 457 g/mol. The van der Waals surface area contributed by atoms with E-state index < -0.39 is 43.3 Å². The van der Waals surface area contributed by atoms with Crippen molar-refractivity contribution in [3.8, 4) is 5.75 Å². The summed E-state index contributed by atoms with van der Waals surface area (Å²) in [7, 11) is 0. The van der Waals surface area contributed by atoms with Gasteiger partial charge in [-0.3, -0.25) is 9.69 Å². The molecule has 1 saturated heterocycles. The minimum Gasteiger partial charge on any atom is -0.494 e. The summed E-state index contributed by atoms with van der Waals surface area (Å²) in [5.41, 5.74) is 1.33. The molecule has 1 aromatic carbocycles. The van der Waals surface area contributed by atoms with Crippen molar-refractivity contribution in [3.05, 3.63) is 24.4 Å². The van der Waals surface area contributed by atoms with Crippen LogP contribution in [0.4, 0.5) is 27.6 Å². The monoisotopic (exact) mass is 485 g/mol. The first-order valence-electron chi connectivity index (χ1n) is 11.8. The second-order valence-electron chi connectivity index (χ2n) is 10.2. The molecule has 3 aliphatic rings. The number of nitrogens with zero attached hydrogens (tertiary/aromatic N) is 1. The fraction of sp³-hybridized carbons (Fsp3) is 0.625. The summed E-state index contributed by atoms with van der Waals surface area (Å²) in [6.07, 6.45) is -0.608. The second kappa shape index (κ2) is 8.70. The fourth-order valence-corrected chi connectivity index (χ4v) is 5.86. The average Bonchev–Trinajstić information content (AvgIpc) is 3.38. The Kier molecular flexibility index (Phi) is 5.98. The molecule has 3 atom stereocenters. The highest BCUT2D eigenvalue weighted by Gasteiger charge is 2.48. The Bertz CT molecular complexity index is 1030. The van der Waals surface area contributed by atoms with Crippen LogP contribution in [0.3, 0.4) is 0 Å². The molecule has 1 amide bonds. The molecule has 2 aromatic rings. The average molecular weight is 485 g/mol. The van der Waals surface area contributed by atoms with Crippen molar-refractivity contribution >= 4 is 22.5 Å². The van der Waals surface area contributed by atoms with Crippen molar-refractivity contribution in [3.63, 3.8) is 0 Å². The molecule has 1 aromatic heterocycles.